The number of carbonyl (C=O) groups excluding carboxylic acids is 2. The first-order chi connectivity index (χ1) is 11.2. The summed E-state index contributed by atoms with van der Waals surface area (Å²) in [5, 5.41) is 8.33. The lowest BCUT2D eigenvalue weighted by molar-refractivity contribution is -0.131. The second-order valence-corrected chi connectivity index (χ2v) is 8.19. The summed E-state index contributed by atoms with van der Waals surface area (Å²) in [5.74, 6) is 2.41. The first-order valence-electron chi connectivity index (χ1n) is 8.11. The molecule has 1 aromatic rings. The number of thiophene rings is 1. The van der Waals surface area contributed by atoms with Gasteiger partial charge in [0.25, 0.3) is 0 Å². The highest BCUT2D eigenvalue weighted by Gasteiger charge is 2.33. The third-order valence-electron chi connectivity index (χ3n) is 4.33. The first kappa shape index (κ1) is 16.8. The molecule has 3 heterocycles. The zero-order valence-corrected chi connectivity index (χ0v) is 14.8. The highest BCUT2D eigenvalue weighted by atomic mass is 32.2. The molecule has 2 aliphatic heterocycles. The monoisotopic (exact) mass is 353 g/mol. The number of hydrogen-bond acceptors (Lipinski definition) is 5. The summed E-state index contributed by atoms with van der Waals surface area (Å²) in [6, 6.07) is 4.02. The van der Waals surface area contributed by atoms with Crippen LogP contribution in [0.1, 0.15) is 17.7 Å². The quantitative estimate of drug-likeness (QED) is 0.809. The molecule has 2 saturated heterocycles. The van der Waals surface area contributed by atoms with Gasteiger partial charge < -0.3 is 15.5 Å². The van der Waals surface area contributed by atoms with Gasteiger partial charge in [0, 0.05) is 30.1 Å². The van der Waals surface area contributed by atoms with E-state index in [0.717, 1.165) is 37.6 Å². The lowest BCUT2D eigenvalue weighted by atomic mass is 10.0. The molecule has 5 nitrogen and oxygen atoms in total. The number of nitrogens with one attached hydrogen (secondary N) is 2. The van der Waals surface area contributed by atoms with Crippen molar-refractivity contribution in [2.24, 2.45) is 5.92 Å². The van der Waals surface area contributed by atoms with E-state index in [0.29, 0.717) is 13.0 Å². The van der Waals surface area contributed by atoms with Crippen molar-refractivity contribution in [3.63, 3.8) is 0 Å². The van der Waals surface area contributed by atoms with Crippen LogP contribution in [0, 0.1) is 5.92 Å². The third-order valence-corrected chi connectivity index (χ3v) is 6.23. The standard InChI is InChI=1S/C16H23N3O2S2/c20-15(17-4-3-13-2-1-6-23-13)9-12-8-14(18-10-12)16(21)19-5-7-22-11-19/h1-2,6,12,14,18H,3-5,7-11H2,(H,17,20)/t12?,14-/m0/s1. The molecular formula is C16H23N3O2S2. The van der Waals surface area contributed by atoms with Crippen LogP contribution in [0.5, 0.6) is 0 Å². The van der Waals surface area contributed by atoms with Crippen LogP contribution in [0.15, 0.2) is 17.5 Å². The zero-order chi connectivity index (χ0) is 16.1. The number of hydrogen-bond donors (Lipinski definition) is 2. The molecular weight excluding hydrogens is 330 g/mol. The summed E-state index contributed by atoms with van der Waals surface area (Å²) in [4.78, 5) is 27.6. The van der Waals surface area contributed by atoms with E-state index >= 15 is 0 Å². The summed E-state index contributed by atoms with van der Waals surface area (Å²) >= 11 is 3.52. The van der Waals surface area contributed by atoms with Crippen molar-refractivity contribution in [1.29, 1.82) is 0 Å². The minimum atomic E-state index is -0.0994. The van der Waals surface area contributed by atoms with E-state index in [2.05, 4.69) is 22.1 Å². The van der Waals surface area contributed by atoms with Gasteiger partial charge in [0.15, 0.2) is 0 Å². The van der Waals surface area contributed by atoms with E-state index < -0.39 is 0 Å². The van der Waals surface area contributed by atoms with Gasteiger partial charge in [0.2, 0.25) is 11.8 Å². The van der Waals surface area contributed by atoms with Gasteiger partial charge in [-0.25, -0.2) is 0 Å². The fourth-order valence-electron chi connectivity index (χ4n) is 3.08. The van der Waals surface area contributed by atoms with E-state index in [9.17, 15) is 9.59 Å². The number of thioether (sulfide) groups is 1. The molecule has 1 unspecified atom stereocenters. The number of rotatable bonds is 6. The number of nitrogens with zero attached hydrogens (tertiary/aromatic N) is 1. The fourth-order valence-corrected chi connectivity index (χ4v) is 4.74. The van der Waals surface area contributed by atoms with E-state index in [-0.39, 0.29) is 23.8 Å². The van der Waals surface area contributed by atoms with Crippen molar-refractivity contribution in [3.8, 4) is 0 Å². The Hall–Kier alpha value is -1.05. The molecule has 0 aromatic carbocycles. The van der Waals surface area contributed by atoms with Gasteiger partial charge in [0.1, 0.15) is 0 Å². The Bertz CT molecular complexity index is 529. The Labute approximate surface area is 145 Å². The van der Waals surface area contributed by atoms with Crippen molar-refractivity contribution in [2.75, 3.05) is 31.3 Å². The lowest BCUT2D eigenvalue weighted by Crippen LogP contribution is -2.42. The lowest BCUT2D eigenvalue weighted by Gasteiger charge is -2.19. The molecule has 23 heavy (non-hydrogen) atoms. The number of carbonyl (C=O) groups is 2. The van der Waals surface area contributed by atoms with Crippen LogP contribution in [0.2, 0.25) is 0 Å². The Morgan fingerprint density at radius 3 is 3.09 bits per heavy atom. The Morgan fingerprint density at radius 2 is 2.35 bits per heavy atom. The van der Waals surface area contributed by atoms with Gasteiger partial charge in [-0.15, -0.1) is 23.1 Å². The molecule has 126 valence electrons. The van der Waals surface area contributed by atoms with E-state index in [1.807, 2.05) is 11.0 Å². The van der Waals surface area contributed by atoms with Crippen molar-refractivity contribution in [2.45, 2.75) is 25.3 Å². The predicted octanol–water partition coefficient (Wildman–Crippen LogP) is 1.31. The highest BCUT2D eigenvalue weighted by molar-refractivity contribution is 7.99. The van der Waals surface area contributed by atoms with Crippen molar-refractivity contribution < 1.29 is 9.59 Å². The average molecular weight is 354 g/mol. The topological polar surface area (TPSA) is 61.4 Å². The maximum absolute atomic E-state index is 12.3. The van der Waals surface area contributed by atoms with Crippen molar-refractivity contribution in [3.05, 3.63) is 22.4 Å². The summed E-state index contributed by atoms with van der Waals surface area (Å²) in [6.07, 6.45) is 2.17. The maximum atomic E-state index is 12.3. The normalized spacial score (nSPS) is 24.1. The van der Waals surface area contributed by atoms with Gasteiger partial charge in [0.05, 0.1) is 11.9 Å². The van der Waals surface area contributed by atoms with Crippen LogP contribution >= 0.6 is 23.1 Å². The second kappa shape index (κ2) is 8.17. The van der Waals surface area contributed by atoms with E-state index in [1.54, 1.807) is 23.1 Å². The Morgan fingerprint density at radius 1 is 1.43 bits per heavy atom. The van der Waals surface area contributed by atoms with Crippen LogP contribution in [0.4, 0.5) is 0 Å². The van der Waals surface area contributed by atoms with Crippen LogP contribution in [-0.4, -0.2) is 54.0 Å². The first-order valence-corrected chi connectivity index (χ1v) is 10.1. The Kier molecular flexibility index (Phi) is 5.96. The molecule has 3 rings (SSSR count). The molecule has 2 amide bonds. The fraction of sp³-hybridized carbons (Fsp3) is 0.625. The summed E-state index contributed by atoms with van der Waals surface area (Å²) in [6.45, 7) is 2.30. The minimum Gasteiger partial charge on any atom is -0.356 e. The zero-order valence-electron chi connectivity index (χ0n) is 13.1. The van der Waals surface area contributed by atoms with Gasteiger partial charge in [-0.1, -0.05) is 6.07 Å². The van der Waals surface area contributed by atoms with Crippen LogP contribution < -0.4 is 10.6 Å². The van der Waals surface area contributed by atoms with Crippen molar-refractivity contribution in [1.82, 2.24) is 15.5 Å². The Balaban J connectivity index is 1.35. The van der Waals surface area contributed by atoms with Gasteiger partial charge >= 0.3 is 0 Å². The highest BCUT2D eigenvalue weighted by Crippen LogP contribution is 2.22. The molecule has 2 fully saturated rings. The minimum absolute atomic E-state index is 0.0955. The molecule has 0 radical (unpaired) electrons. The largest absolute Gasteiger partial charge is 0.356 e. The SMILES string of the molecule is O=C(CC1CN[C@H](C(=O)N2CCSC2)C1)NCCc1cccs1. The van der Waals surface area contributed by atoms with Gasteiger partial charge in [-0.05, 0) is 36.8 Å². The van der Waals surface area contributed by atoms with Crippen LogP contribution in [-0.2, 0) is 16.0 Å². The third kappa shape index (κ3) is 4.71. The van der Waals surface area contributed by atoms with Crippen LogP contribution in [0.25, 0.3) is 0 Å². The van der Waals surface area contributed by atoms with Gasteiger partial charge in [-0.3, -0.25) is 9.59 Å². The molecule has 7 heteroatoms. The van der Waals surface area contributed by atoms with E-state index in [4.69, 9.17) is 0 Å². The molecule has 0 spiro atoms. The van der Waals surface area contributed by atoms with Crippen LogP contribution in [0.3, 0.4) is 0 Å². The number of amides is 2. The molecule has 2 aliphatic rings. The molecule has 0 bridgehead atoms. The molecule has 2 atom stereocenters. The molecule has 0 aliphatic carbocycles. The smallest absolute Gasteiger partial charge is 0.240 e. The van der Waals surface area contributed by atoms with Crippen molar-refractivity contribution >= 4 is 34.9 Å². The summed E-state index contributed by atoms with van der Waals surface area (Å²) in [5.41, 5.74) is 0. The molecule has 2 N–H and O–H groups in total. The predicted molar refractivity (Wildman–Crippen MR) is 94.6 cm³/mol. The molecule has 0 saturated carbocycles. The average Bonchev–Trinajstić information content (AvgIpc) is 3.29. The summed E-state index contributed by atoms with van der Waals surface area (Å²) < 4.78 is 0. The second-order valence-electron chi connectivity index (χ2n) is 6.09. The molecule has 1 aromatic heterocycles. The van der Waals surface area contributed by atoms with E-state index in [1.165, 1.54) is 4.88 Å². The maximum Gasteiger partial charge on any atom is 0.240 e. The summed E-state index contributed by atoms with van der Waals surface area (Å²) in [7, 11) is 0. The van der Waals surface area contributed by atoms with Gasteiger partial charge in [-0.2, -0.15) is 0 Å².